The first-order valence-corrected chi connectivity index (χ1v) is 8.26. The van der Waals surface area contributed by atoms with E-state index in [1.165, 1.54) is 5.56 Å². The summed E-state index contributed by atoms with van der Waals surface area (Å²) in [4.78, 5) is 20.2. The Morgan fingerprint density at radius 1 is 1.04 bits per heavy atom. The fourth-order valence-corrected chi connectivity index (χ4v) is 2.63. The van der Waals surface area contributed by atoms with Crippen LogP contribution in [0.3, 0.4) is 0 Å². The van der Waals surface area contributed by atoms with Crippen LogP contribution < -0.4 is 10.6 Å². The van der Waals surface area contributed by atoms with Gasteiger partial charge in [0.15, 0.2) is 0 Å². The molecule has 0 saturated carbocycles. The van der Waals surface area contributed by atoms with Gasteiger partial charge < -0.3 is 15.7 Å². The van der Waals surface area contributed by atoms with Crippen LogP contribution in [0.25, 0.3) is 0 Å². The molecule has 6 heteroatoms. The average molecular weight is 348 g/mol. The number of carboxylic acids is 1. The molecule has 3 N–H and O–H groups in total. The highest BCUT2D eigenvalue weighted by Crippen LogP contribution is 2.21. The Morgan fingerprint density at radius 2 is 1.85 bits per heavy atom. The standard InChI is InChI=1S/C20H20N4O2/c1-13-6-5-7-15(10-13)12-21-20-22-14(2)11-18(24-20)23-17-9-4-3-8-16(17)19(25)26/h3-11H,12H2,1-2H3,(H,25,26)(H2,21,22,23,24). The van der Waals surface area contributed by atoms with E-state index in [0.717, 1.165) is 11.3 Å². The minimum Gasteiger partial charge on any atom is -0.478 e. The SMILES string of the molecule is Cc1cccc(CNc2nc(C)cc(Nc3ccccc3C(=O)O)n2)c1. The molecular weight excluding hydrogens is 328 g/mol. The predicted octanol–water partition coefficient (Wildman–Crippen LogP) is 4.15. The van der Waals surface area contributed by atoms with Crippen molar-refractivity contribution in [1.82, 2.24) is 9.97 Å². The van der Waals surface area contributed by atoms with Crippen molar-refractivity contribution in [2.75, 3.05) is 10.6 Å². The van der Waals surface area contributed by atoms with Gasteiger partial charge >= 0.3 is 5.97 Å². The van der Waals surface area contributed by atoms with Crippen LogP contribution in [0.1, 0.15) is 27.2 Å². The Morgan fingerprint density at radius 3 is 2.62 bits per heavy atom. The molecule has 2 aromatic carbocycles. The smallest absolute Gasteiger partial charge is 0.337 e. The number of nitrogens with one attached hydrogen (secondary N) is 2. The topological polar surface area (TPSA) is 87.1 Å². The summed E-state index contributed by atoms with van der Waals surface area (Å²) < 4.78 is 0. The monoisotopic (exact) mass is 348 g/mol. The number of aromatic carboxylic acids is 1. The zero-order valence-corrected chi connectivity index (χ0v) is 14.7. The number of carbonyl (C=O) groups is 1. The van der Waals surface area contributed by atoms with Crippen molar-refractivity contribution in [3.05, 3.63) is 77.0 Å². The molecule has 0 fully saturated rings. The number of carboxylic acid groups (broad SMARTS) is 1. The van der Waals surface area contributed by atoms with Crippen molar-refractivity contribution in [2.45, 2.75) is 20.4 Å². The largest absolute Gasteiger partial charge is 0.478 e. The molecule has 0 amide bonds. The summed E-state index contributed by atoms with van der Waals surface area (Å²) in [6, 6.07) is 16.7. The van der Waals surface area contributed by atoms with E-state index in [4.69, 9.17) is 0 Å². The number of aromatic nitrogens is 2. The summed E-state index contributed by atoms with van der Waals surface area (Å²) in [6.07, 6.45) is 0. The van der Waals surface area contributed by atoms with Crippen LogP contribution in [0.4, 0.5) is 17.5 Å². The Kier molecular flexibility index (Phi) is 5.12. The Hall–Kier alpha value is -3.41. The normalized spacial score (nSPS) is 10.4. The van der Waals surface area contributed by atoms with Gasteiger partial charge in [0.05, 0.1) is 11.3 Å². The summed E-state index contributed by atoms with van der Waals surface area (Å²) in [5.74, 6) is 0.0384. The number of hydrogen-bond acceptors (Lipinski definition) is 5. The van der Waals surface area contributed by atoms with Gasteiger partial charge in [-0.25, -0.2) is 9.78 Å². The van der Waals surface area contributed by atoms with E-state index >= 15 is 0 Å². The van der Waals surface area contributed by atoms with Gasteiger partial charge in [0.25, 0.3) is 0 Å². The van der Waals surface area contributed by atoms with E-state index in [9.17, 15) is 9.90 Å². The van der Waals surface area contributed by atoms with Crippen molar-refractivity contribution in [1.29, 1.82) is 0 Å². The first kappa shape index (κ1) is 17.4. The van der Waals surface area contributed by atoms with Crippen molar-refractivity contribution in [3.8, 4) is 0 Å². The van der Waals surface area contributed by atoms with Crippen LogP contribution in [-0.4, -0.2) is 21.0 Å². The third-order valence-corrected chi connectivity index (χ3v) is 3.81. The fraction of sp³-hybridized carbons (Fsp3) is 0.150. The summed E-state index contributed by atoms with van der Waals surface area (Å²) in [5.41, 5.74) is 3.80. The molecule has 0 unspecified atom stereocenters. The third kappa shape index (κ3) is 4.36. The molecule has 132 valence electrons. The number of nitrogens with zero attached hydrogens (tertiary/aromatic N) is 2. The molecule has 0 aliphatic heterocycles. The van der Waals surface area contributed by atoms with Gasteiger partial charge in [-0.1, -0.05) is 42.0 Å². The number of rotatable bonds is 6. The van der Waals surface area contributed by atoms with Crippen LogP contribution in [0.15, 0.2) is 54.6 Å². The molecule has 1 aromatic heterocycles. The zero-order valence-electron chi connectivity index (χ0n) is 14.7. The minimum absolute atomic E-state index is 0.193. The summed E-state index contributed by atoms with van der Waals surface area (Å²) >= 11 is 0. The lowest BCUT2D eigenvalue weighted by atomic mass is 10.1. The Bertz CT molecular complexity index is 941. The van der Waals surface area contributed by atoms with Gasteiger partial charge in [-0.05, 0) is 31.5 Å². The van der Waals surface area contributed by atoms with Crippen LogP contribution in [0, 0.1) is 13.8 Å². The van der Waals surface area contributed by atoms with Crippen molar-refractivity contribution >= 4 is 23.4 Å². The highest BCUT2D eigenvalue weighted by molar-refractivity contribution is 5.95. The quantitative estimate of drug-likeness (QED) is 0.620. The fourth-order valence-electron chi connectivity index (χ4n) is 2.63. The van der Waals surface area contributed by atoms with Gasteiger partial charge in [0, 0.05) is 18.3 Å². The summed E-state index contributed by atoms with van der Waals surface area (Å²) in [7, 11) is 0. The zero-order chi connectivity index (χ0) is 18.5. The molecule has 0 radical (unpaired) electrons. The van der Waals surface area contributed by atoms with E-state index in [0.29, 0.717) is 24.0 Å². The van der Waals surface area contributed by atoms with Crippen LogP contribution in [0.5, 0.6) is 0 Å². The average Bonchev–Trinajstić information content (AvgIpc) is 2.60. The molecule has 1 heterocycles. The molecule has 0 aliphatic rings. The van der Waals surface area contributed by atoms with E-state index in [1.807, 2.05) is 19.1 Å². The molecule has 0 atom stereocenters. The number of anilines is 3. The van der Waals surface area contributed by atoms with E-state index in [2.05, 4.69) is 39.7 Å². The molecule has 0 saturated heterocycles. The highest BCUT2D eigenvalue weighted by Gasteiger charge is 2.10. The van der Waals surface area contributed by atoms with Gasteiger partial charge in [0.1, 0.15) is 5.82 Å². The van der Waals surface area contributed by atoms with Gasteiger partial charge in [-0.15, -0.1) is 0 Å². The second-order valence-corrected chi connectivity index (χ2v) is 6.04. The lowest BCUT2D eigenvalue weighted by Gasteiger charge is -2.12. The van der Waals surface area contributed by atoms with Gasteiger partial charge in [0.2, 0.25) is 5.95 Å². The lowest BCUT2D eigenvalue weighted by molar-refractivity contribution is 0.0698. The Balaban J connectivity index is 1.79. The maximum Gasteiger partial charge on any atom is 0.337 e. The molecule has 0 spiro atoms. The van der Waals surface area contributed by atoms with Gasteiger partial charge in [-0.2, -0.15) is 4.98 Å². The predicted molar refractivity (Wildman–Crippen MR) is 102 cm³/mol. The molecule has 3 rings (SSSR count). The van der Waals surface area contributed by atoms with E-state index in [-0.39, 0.29) is 5.56 Å². The van der Waals surface area contributed by atoms with Crippen LogP contribution >= 0.6 is 0 Å². The van der Waals surface area contributed by atoms with Gasteiger partial charge in [-0.3, -0.25) is 0 Å². The van der Waals surface area contributed by atoms with Crippen molar-refractivity contribution in [3.63, 3.8) is 0 Å². The van der Waals surface area contributed by atoms with E-state index in [1.54, 1.807) is 30.3 Å². The Labute approximate surface area is 152 Å². The second kappa shape index (κ2) is 7.65. The van der Waals surface area contributed by atoms with Crippen LogP contribution in [0.2, 0.25) is 0 Å². The molecule has 26 heavy (non-hydrogen) atoms. The molecule has 0 aliphatic carbocycles. The minimum atomic E-state index is -0.989. The van der Waals surface area contributed by atoms with E-state index < -0.39 is 5.97 Å². The first-order chi connectivity index (χ1) is 12.5. The number of hydrogen-bond donors (Lipinski definition) is 3. The highest BCUT2D eigenvalue weighted by atomic mass is 16.4. The number of benzene rings is 2. The summed E-state index contributed by atoms with van der Waals surface area (Å²) in [5, 5.41) is 15.6. The molecular formula is C20H20N4O2. The maximum absolute atomic E-state index is 11.3. The lowest BCUT2D eigenvalue weighted by Crippen LogP contribution is -2.08. The maximum atomic E-state index is 11.3. The second-order valence-electron chi connectivity index (χ2n) is 6.04. The third-order valence-electron chi connectivity index (χ3n) is 3.81. The number of aryl methyl sites for hydroxylation is 2. The van der Waals surface area contributed by atoms with Crippen molar-refractivity contribution in [2.24, 2.45) is 0 Å². The number of para-hydroxylation sites is 1. The summed E-state index contributed by atoms with van der Waals surface area (Å²) in [6.45, 7) is 4.53. The molecule has 6 nitrogen and oxygen atoms in total. The van der Waals surface area contributed by atoms with Crippen molar-refractivity contribution < 1.29 is 9.90 Å². The first-order valence-electron chi connectivity index (χ1n) is 8.26. The van der Waals surface area contributed by atoms with Crippen LogP contribution in [-0.2, 0) is 6.54 Å². The molecule has 3 aromatic rings. The molecule has 0 bridgehead atoms.